The van der Waals surface area contributed by atoms with Crippen molar-refractivity contribution in [2.75, 3.05) is 13.1 Å². The highest BCUT2D eigenvalue weighted by Gasteiger charge is 2.15. The van der Waals surface area contributed by atoms with E-state index in [2.05, 4.69) is 10.0 Å². The minimum atomic E-state index is -3.49. The van der Waals surface area contributed by atoms with Gasteiger partial charge < -0.3 is 5.32 Å². The lowest BCUT2D eigenvalue weighted by molar-refractivity contribution is 0.536. The van der Waals surface area contributed by atoms with Gasteiger partial charge in [0.25, 0.3) is 0 Å². The zero-order chi connectivity index (χ0) is 16.0. The van der Waals surface area contributed by atoms with Gasteiger partial charge in [-0.05, 0) is 36.7 Å². The van der Waals surface area contributed by atoms with Gasteiger partial charge in [0.1, 0.15) is 0 Å². The van der Waals surface area contributed by atoms with E-state index in [1.54, 1.807) is 18.2 Å². The molecule has 0 aliphatic rings. The van der Waals surface area contributed by atoms with Crippen LogP contribution in [0.4, 0.5) is 0 Å². The van der Waals surface area contributed by atoms with E-state index in [1.165, 1.54) is 0 Å². The van der Waals surface area contributed by atoms with Crippen LogP contribution in [-0.4, -0.2) is 27.5 Å². The van der Waals surface area contributed by atoms with Crippen molar-refractivity contribution in [2.45, 2.75) is 24.8 Å². The fraction of sp³-hybridized carbons (Fsp3) is 0.294. The minimum absolute atomic E-state index is 0. The Bertz CT molecular complexity index is 706. The lowest BCUT2D eigenvalue weighted by Crippen LogP contribution is -2.38. The third kappa shape index (κ3) is 5.62. The summed E-state index contributed by atoms with van der Waals surface area (Å²) >= 11 is 0. The van der Waals surface area contributed by atoms with Crippen LogP contribution in [0.1, 0.15) is 13.8 Å². The van der Waals surface area contributed by atoms with Crippen LogP contribution in [0.2, 0.25) is 0 Å². The number of hydrogen-bond donors (Lipinski definition) is 2. The Morgan fingerprint density at radius 2 is 1.65 bits per heavy atom. The summed E-state index contributed by atoms with van der Waals surface area (Å²) in [6.07, 6.45) is 0. The maximum Gasteiger partial charge on any atom is 0.240 e. The van der Waals surface area contributed by atoms with Gasteiger partial charge in [0.15, 0.2) is 0 Å². The van der Waals surface area contributed by atoms with E-state index in [0.29, 0.717) is 6.54 Å². The molecule has 2 aromatic carbocycles. The van der Waals surface area contributed by atoms with Gasteiger partial charge in [0.2, 0.25) is 10.0 Å². The molecule has 6 heteroatoms. The van der Waals surface area contributed by atoms with Crippen molar-refractivity contribution in [3.05, 3.63) is 54.6 Å². The third-order valence-electron chi connectivity index (χ3n) is 3.38. The normalized spacial score (nSPS) is 12.4. The molecule has 2 N–H and O–H groups in total. The number of rotatable bonds is 7. The first-order valence-corrected chi connectivity index (χ1v) is 8.90. The molecule has 0 spiro atoms. The summed E-state index contributed by atoms with van der Waals surface area (Å²) in [5.41, 5.74) is 1.89. The van der Waals surface area contributed by atoms with Crippen LogP contribution in [-0.2, 0) is 10.0 Å². The molecule has 0 saturated heterocycles. The second-order valence-electron chi connectivity index (χ2n) is 5.20. The highest BCUT2D eigenvalue weighted by molar-refractivity contribution is 7.89. The summed E-state index contributed by atoms with van der Waals surface area (Å²) in [5.74, 6) is 0. The van der Waals surface area contributed by atoms with Crippen LogP contribution in [0.15, 0.2) is 59.5 Å². The number of nitrogens with one attached hydrogen (secondary N) is 2. The fourth-order valence-corrected chi connectivity index (χ4v) is 3.39. The van der Waals surface area contributed by atoms with E-state index in [0.717, 1.165) is 17.7 Å². The average molecular weight is 355 g/mol. The Morgan fingerprint density at radius 1 is 1.00 bits per heavy atom. The molecule has 4 nitrogen and oxygen atoms in total. The van der Waals surface area contributed by atoms with Crippen molar-refractivity contribution in [3.8, 4) is 11.1 Å². The second kappa shape index (κ2) is 9.03. The summed E-state index contributed by atoms with van der Waals surface area (Å²) in [6.45, 7) is 5.12. The Kier molecular flexibility index (Phi) is 7.72. The fourth-order valence-electron chi connectivity index (χ4n) is 2.21. The number of sulfonamides is 1. The zero-order valence-electron chi connectivity index (χ0n) is 13.3. The molecule has 0 amide bonds. The van der Waals surface area contributed by atoms with E-state index < -0.39 is 10.0 Å². The molecule has 2 rings (SSSR count). The maximum absolute atomic E-state index is 12.4. The summed E-state index contributed by atoms with van der Waals surface area (Å²) in [7, 11) is -3.49. The Labute approximate surface area is 144 Å². The summed E-state index contributed by atoms with van der Waals surface area (Å²) < 4.78 is 27.4. The Hall–Kier alpha value is -1.40. The number of benzene rings is 2. The summed E-state index contributed by atoms with van der Waals surface area (Å²) in [5, 5.41) is 3.18. The SMILES string of the molecule is CCN[C@H](C)CNS(=O)(=O)c1cccc(-c2ccccc2)c1.Cl. The molecule has 0 aliphatic carbocycles. The largest absolute Gasteiger partial charge is 0.313 e. The molecule has 126 valence electrons. The van der Waals surface area contributed by atoms with Gasteiger partial charge in [-0.15, -0.1) is 12.4 Å². The molecular weight excluding hydrogens is 332 g/mol. The second-order valence-corrected chi connectivity index (χ2v) is 6.97. The van der Waals surface area contributed by atoms with Crippen molar-refractivity contribution < 1.29 is 8.42 Å². The first kappa shape index (κ1) is 19.6. The molecule has 0 saturated carbocycles. The van der Waals surface area contributed by atoms with Crippen molar-refractivity contribution in [2.24, 2.45) is 0 Å². The van der Waals surface area contributed by atoms with Crippen LogP contribution in [0, 0.1) is 0 Å². The quantitative estimate of drug-likeness (QED) is 0.803. The topological polar surface area (TPSA) is 58.2 Å². The highest BCUT2D eigenvalue weighted by Crippen LogP contribution is 2.22. The van der Waals surface area contributed by atoms with Crippen molar-refractivity contribution in [1.82, 2.24) is 10.0 Å². The first-order chi connectivity index (χ1) is 10.5. The van der Waals surface area contributed by atoms with Crippen molar-refractivity contribution in [3.63, 3.8) is 0 Å². The standard InChI is InChI=1S/C17H22N2O2S.ClH/c1-3-18-14(2)13-19-22(20,21)17-11-7-10-16(12-17)15-8-5-4-6-9-15;/h4-12,14,18-19H,3,13H2,1-2H3;1H/t14-;/m1./s1. The minimum Gasteiger partial charge on any atom is -0.313 e. The van der Waals surface area contributed by atoms with Crippen LogP contribution in [0.25, 0.3) is 11.1 Å². The average Bonchev–Trinajstić information content (AvgIpc) is 2.54. The lowest BCUT2D eigenvalue weighted by Gasteiger charge is -2.14. The monoisotopic (exact) mass is 354 g/mol. The summed E-state index contributed by atoms with van der Waals surface area (Å²) in [6, 6.07) is 16.8. The summed E-state index contributed by atoms with van der Waals surface area (Å²) in [4.78, 5) is 0.289. The van der Waals surface area contributed by atoms with Crippen LogP contribution in [0.5, 0.6) is 0 Å². The molecular formula is C17H23ClN2O2S. The first-order valence-electron chi connectivity index (χ1n) is 7.41. The van der Waals surface area contributed by atoms with Gasteiger partial charge in [-0.3, -0.25) is 0 Å². The smallest absolute Gasteiger partial charge is 0.240 e. The number of halogens is 1. The lowest BCUT2D eigenvalue weighted by atomic mass is 10.1. The third-order valence-corrected chi connectivity index (χ3v) is 4.80. The molecule has 0 fully saturated rings. The molecule has 0 radical (unpaired) electrons. The molecule has 2 aromatic rings. The van der Waals surface area contributed by atoms with E-state index in [1.807, 2.05) is 50.2 Å². The van der Waals surface area contributed by atoms with Crippen molar-refractivity contribution >= 4 is 22.4 Å². The van der Waals surface area contributed by atoms with Gasteiger partial charge >= 0.3 is 0 Å². The Morgan fingerprint density at radius 3 is 2.30 bits per heavy atom. The molecule has 0 bridgehead atoms. The predicted molar refractivity (Wildman–Crippen MR) is 97.5 cm³/mol. The molecule has 23 heavy (non-hydrogen) atoms. The van der Waals surface area contributed by atoms with Crippen LogP contribution in [0.3, 0.4) is 0 Å². The maximum atomic E-state index is 12.4. The Balaban J connectivity index is 0.00000264. The zero-order valence-corrected chi connectivity index (χ0v) is 15.0. The van der Waals surface area contributed by atoms with Gasteiger partial charge in [0, 0.05) is 12.6 Å². The highest BCUT2D eigenvalue weighted by atomic mass is 35.5. The number of hydrogen-bond acceptors (Lipinski definition) is 3. The molecule has 0 aromatic heterocycles. The number of likely N-dealkylation sites (N-methyl/N-ethyl adjacent to an activating group) is 1. The van der Waals surface area contributed by atoms with Gasteiger partial charge in [-0.1, -0.05) is 49.4 Å². The van der Waals surface area contributed by atoms with Gasteiger partial charge in [-0.25, -0.2) is 13.1 Å². The van der Waals surface area contributed by atoms with E-state index >= 15 is 0 Å². The molecule has 0 unspecified atom stereocenters. The van der Waals surface area contributed by atoms with E-state index in [4.69, 9.17) is 0 Å². The van der Waals surface area contributed by atoms with E-state index in [9.17, 15) is 8.42 Å². The van der Waals surface area contributed by atoms with Crippen LogP contribution < -0.4 is 10.0 Å². The van der Waals surface area contributed by atoms with Gasteiger partial charge in [-0.2, -0.15) is 0 Å². The molecule has 1 atom stereocenters. The molecule has 0 heterocycles. The predicted octanol–water partition coefficient (Wildman–Crippen LogP) is 3.05. The molecule has 0 aliphatic heterocycles. The van der Waals surface area contributed by atoms with E-state index in [-0.39, 0.29) is 23.3 Å². The van der Waals surface area contributed by atoms with Crippen LogP contribution >= 0.6 is 12.4 Å². The van der Waals surface area contributed by atoms with Crippen molar-refractivity contribution in [1.29, 1.82) is 0 Å². The van der Waals surface area contributed by atoms with Gasteiger partial charge in [0.05, 0.1) is 4.90 Å².